The Labute approximate surface area is 53.3 Å². The summed E-state index contributed by atoms with van der Waals surface area (Å²) in [6.45, 7) is 3.63. The van der Waals surface area contributed by atoms with E-state index in [2.05, 4.69) is 11.3 Å². The van der Waals surface area contributed by atoms with Gasteiger partial charge in [0.1, 0.15) is 0 Å². The predicted octanol–water partition coefficient (Wildman–Crippen LogP) is 0.813. The van der Waals surface area contributed by atoms with Gasteiger partial charge in [0, 0.05) is 11.3 Å². The molecule has 0 heterocycles. The van der Waals surface area contributed by atoms with Crippen LogP contribution in [0.1, 0.15) is 6.42 Å². The Balaban J connectivity index is 2.91. The van der Waals surface area contributed by atoms with Crippen molar-refractivity contribution in [2.24, 2.45) is 0 Å². The van der Waals surface area contributed by atoms with Crippen molar-refractivity contribution in [2.45, 2.75) is 6.42 Å². The molecule has 0 unspecified atom stereocenters. The lowest BCUT2D eigenvalue weighted by atomic mass is 10.5. The van der Waals surface area contributed by atoms with E-state index in [0.29, 0.717) is 13.0 Å². The minimum Gasteiger partial charge on any atom is -0.502 e. The molecule has 0 fully saturated rings. The van der Waals surface area contributed by atoms with Crippen molar-refractivity contribution in [3.05, 3.63) is 23.0 Å². The summed E-state index contributed by atoms with van der Waals surface area (Å²) in [5.41, 5.74) is 0. The molecule has 0 N–H and O–H groups in total. The van der Waals surface area contributed by atoms with Crippen LogP contribution in [-0.4, -0.2) is 18.1 Å². The zero-order valence-corrected chi connectivity index (χ0v) is 5.08. The predicted molar refractivity (Wildman–Crippen MR) is 32.6 cm³/mol. The van der Waals surface area contributed by atoms with Crippen LogP contribution < -0.4 is 0 Å². The molecule has 0 amide bonds. The second-order valence-electron chi connectivity index (χ2n) is 1.45. The molecule has 0 radical (unpaired) electrons. The molecule has 0 aromatic carbocycles. The van der Waals surface area contributed by atoms with Crippen LogP contribution in [0.15, 0.2) is 12.8 Å². The Morgan fingerprint density at radius 2 is 2.44 bits per heavy atom. The van der Waals surface area contributed by atoms with Crippen molar-refractivity contribution in [3.63, 3.8) is 0 Å². The van der Waals surface area contributed by atoms with Crippen molar-refractivity contribution in [1.82, 2.24) is 0 Å². The summed E-state index contributed by atoms with van der Waals surface area (Å²) >= 11 is 0. The highest BCUT2D eigenvalue weighted by atomic mass is 16.6. The van der Waals surface area contributed by atoms with Gasteiger partial charge in [-0.1, -0.05) is 6.58 Å². The van der Waals surface area contributed by atoms with E-state index < -0.39 is 0 Å². The van der Waals surface area contributed by atoms with Gasteiger partial charge in [0.05, 0.1) is 12.9 Å². The summed E-state index contributed by atoms with van der Waals surface area (Å²) in [4.78, 5) is 9.32. The van der Waals surface area contributed by atoms with Gasteiger partial charge in [-0.25, -0.2) is 0 Å². The zero-order valence-electron chi connectivity index (χ0n) is 5.08. The van der Waals surface area contributed by atoms with E-state index in [9.17, 15) is 10.1 Å². The average molecular weight is 131 g/mol. The van der Waals surface area contributed by atoms with Gasteiger partial charge in [0.25, 0.3) is 0 Å². The van der Waals surface area contributed by atoms with E-state index in [1.54, 1.807) is 0 Å². The van der Waals surface area contributed by atoms with Gasteiger partial charge in [-0.2, -0.15) is 0 Å². The molecule has 0 atom stereocenters. The third-order valence-corrected chi connectivity index (χ3v) is 0.721. The maximum absolute atomic E-state index is 9.69. The molecule has 0 saturated heterocycles. The smallest absolute Gasteiger partial charge is 0.207 e. The van der Waals surface area contributed by atoms with Crippen LogP contribution in [0.4, 0.5) is 0 Å². The Bertz CT molecular complexity index is 102. The van der Waals surface area contributed by atoms with Gasteiger partial charge in [0.15, 0.2) is 0 Å². The van der Waals surface area contributed by atoms with Gasteiger partial charge in [-0.15, -0.1) is 0 Å². The van der Waals surface area contributed by atoms with Crippen molar-refractivity contribution in [1.29, 1.82) is 0 Å². The normalized spacial score (nSPS) is 8.44. The van der Waals surface area contributed by atoms with Gasteiger partial charge >= 0.3 is 0 Å². The molecule has 0 aromatic rings. The highest BCUT2D eigenvalue weighted by Gasteiger charge is 1.93. The third-order valence-electron chi connectivity index (χ3n) is 0.721. The van der Waals surface area contributed by atoms with Crippen molar-refractivity contribution in [3.8, 4) is 0 Å². The summed E-state index contributed by atoms with van der Waals surface area (Å²) < 4.78 is 4.64. The summed E-state index contributed by atoms with van der Waals surface area (Å²) in [6.07, 6.45) is 1.72. The molecule has 9 heavy (non-hydrogen) atoms. The summed E-state index contributed by atoms with van der Waals surface area (Å²) in [6, 6.07) is 0. The molecular weight excluding hydrogens is 122 g/mol. The van der Waals surface area contributed by atoms with Crippen LogP contribution in [0.3, 0.4) is 0 Å². The van der Waals surface area contributed by atoms with E-state index in [4.69, 9.17) is 0 Å². The number of nitro groups is 1. The summed E-state index contributed by atoms with van der Waals surface area (Å²) in [5.74, 6) is 0. The first-order valence-corrected chi connectivity index (χ1v) is 2.61. The lowest BCUT2D eigenvalue weighted by molar-refractivity contribution is -0.480. The molecule has 0 rings (SSSR count). The summed E-state index contributed by atoms with van der Waals surface area (Å²) in [7, 11) is 0. The number of rotatable bonds is 5. The number of hydrogen-bond acceptors (Lipinski definition) is 3. The molecule has 0 aliphatic carbocycles. The quantitative estimate of drug-likeness (QED) is 0.240. The van der Waals surface area contributed by atoms with Gasteiger partial charge < -0.3 is 4.74 Å². The fourth-order valence-electron chi connectivity index (χ4n) is 0.360. The molecule has 4 heteroatoms. The molecule has 0 aliphatic rings. The Morgan fingerprint density at radius 3 is 2.89 bits per heavy atom. The van der Waals surface area contributed by atoms with Crippen LogP contribution in [0.2, 0.25) is 0 Å². The van der Waals surface area contributed by atoms with Crippen LogP contribution in [0.5, 0.6) is 0 Å². The van der Waals surface area contributed by atoms with Crippen LogP contribution in [0.25, 0.3) is 0 Å². The minimum atomic E-state index is -0.369. The van der Waals surface area contributed by atoms with Crippen molar-refractivity contribution >= 4 is 0 Å². The van der Waals surface area contributed by atoms with E-state index in [-0.39, 0.29) is 11.5 Å². The number of hydrogen-bond donors (Lipinski definition) is 0. The first-order chi connectivity index (χ1) is 4.27. The fourth-order valence-corrected chi connectivity index (χ4v) is 0.360. The third kappa shape index (κ3) is 6.94. The highest BCUT2D eigenvalue weighted by Crippen LogP contribution is 1.82. The largest absolute Gasteiger partial charge is 0.502 e. The fraction of sp³-hybridized carbons (Fsp3) is 0.600. The highest BCUT2D eigenvalue weighted by molar-refractivity contribution is 4.47. The topological polar surface area (TPSA) is 52.4 Å². The van der Waals surface area contributed by atoms with Crippen LogP contribution in [0, 0.1) is 10.1 Å². The molecular formula is C5H9NO3. The average Bonchev–Trinajstić information content (AvgIpc) is 1.80. The van der Waals surface area contributed by atoms with E-state index in [0.717, 1.165) is 0 Å². The summed E-state index contributed by atoms with van der Waals surface area (Å²) in [5, 5.41) is 9.69. The van der Waals surface area contributed by atoms with Crippen LogP contribution >= 0.6 is 0 Å². The van der Waals surface area contributed by atoms with E-state index >= 15 is 0 Å². The second kappa shape index (κ2) is 5.08. The lowest BCUT2D eigenvalue weighted by Crippen LogP contribution is -2.02. The van der Waals surface area contributed by atoms with Gasteiger partial charge in [-0.3, -0.25) is 10.1 Å². The first-order valence-electron chi connectivity index (χ1n) is 2.61. The second-order valence-corrected chi connectivity index (χ2v) is 1.45. The number of ether oxygens (including phenoxy) is 1. The molecule has 0 aliphatic heterocycles. The van der Waals surface area contributed by atoms with Crippen LogP contribution in [-0.2, 0) is 4.74 Å². The van der Waals surface area contributed by atoms with Crippen molar-refractivity contribution in [2.75, 3.05) is 13.2 Å². The van der Waals surface area contributed by atoms with E-state index in [1.807, 2.05) is 0 Å². The standard InChI is InChI=1S/C5H9NO3/c1-2-9-5-3-4-6(7)8/h2H,1,3-5H2. The minimum absolute atomic E-state index is 0.0339. The SMILES string of the molecule is C=COCCC[N+](=O)[O-]. The first kappa shape index (κ1) is 7.94. The molecule has 52 valence electrons. The molecule has 0 saturated carbocycles. The maximum Gasteiger partial charge on any atom is 0.207 e. The Hall–Kier alpha value is -1.06. The monoisotopic (exact) mass is 131 g/mol. The molecule has 4 nitrogen and oxygen atoms in total. The van der Waals surface area contributed by atoms with Gasteiger partial charge in [0.2, 0.25) is 6.54 Å². The Morgan fingerprint density at radius 1 is 1.78 bits per heavy atom. The maximum atomic E-state index is 9.69. The van der Waals surface area contributed by atoms with Gasteiger partial charge in [-0.05, 0) is 0 Å². The zero-order chi connectivity index (χ0) is 7.11. The molecule has 0 aromatic heterocycles. The lowest BCUT2D eigenvalue weighted by Gasteiger charge is -1.94. The van der Waals surface area contributed by atoms with E-state index in [1.165, 1.54) is 6.26 Å². The van der Waals surface area contributed by atoms with Crippen molar-refractivity contribution < 1.29 is 9.66 Å². The number of nitrogens with zero attached hydrogens (tertiary/aromatic N) is 1. The Kier molecular flexibility index (Phi) is 4.49. The molecule has 0 bridgehead atoms. The molecule has 0 spiro atoms.